The number of aromatic nitrogens is 1. The Kier molecular flexibility index (Phi) is 5.21. The Morgan fingerprint density at radius 3 is 2.38 bits per heavy atom. The van der Waals surface area contributed by atoms with Crippen LogP contribution in [-0.4, -0.2) is 28.6 Å². The van der Waals surface area contributed by atoms with Crippen LogP contribution in [0.15, 0.2) is 64.5 Å². The van der Waals surface area contributed by atoms with Gasteiger partial charge < -0.3 is 9.64 Å². The summed E-state index contributed by atoms with van der Waals surface area (Å²) in [5, 5.41) is 0.864. The van der Waals surface area contributed by atoms with Crippen molar-refractivity contribution >= 4 is 26.4 Å². The molecule has 1 aliphatic heterocycles. The minimum absolute atomic E-state index is 0.301. The smallest absolute Gasteiger partial charge is 0.214 e. The number of sulfone groups is 1. The largest absolute Gasteiger partial charge is 0.497 e. The third-order valence-corrected chi connectivity index (χ3v) is 7.39. The first-order valence-corrected chi connectivity index (χ1v) is 11.5. The van der Waals surface area contributed by atoms with E-state index in [2.05, 4.69) is 23.7 Å². The van der Waals surface area contributed by atoms with Crippen molar-refractivity contribution in [3.63, 3.8) is 0 Å². The molecule has 0 amide bonds. The standard InChI is InChI=1S/C23H26N2O3S/c1-16-11-17(2)15-25(14-16)23-20-12-18(28-3)9-10-21(20)24-13-22(23)29(26,27)19-7-5-4-6-8-19/h4-10,12-13,16-17H,11,14-15H2,1-3H3/p+1/t16-,17+. The molecule has 1 N–H and O–H groups in total. The number of aromatic amines is 1. The molecule has 0 spiro atoms. The molecular formula is C23H27N2O3S+. The highest BCUT2D eigenvalue weighted by Crippen LogP contribution is 2.38. The second-order valence-corrected chi connectivity index (χ2v) is 10.00. The summed E-state index contributed by atoms with van der Waals surface area (Å²) in [6.07, 6.45) is 2.79. The van der Waals surface area contributed by atoms with Gasteiger partial charge in [-0.05, 0) is 42.5 Å². The molecule has 0 saturated carbocycles. The topological polar surface area (TPSA) is 60.8 Å². The maximum Gasteiger partial charge on any atom is 0.214 e. The van der Waals surface area contributed by atoms with E-state index in [0.29, 0.717) is 27.4 Å². The summed E-state index contributed by atoms with van der Waals surface area (Å²) in [5.41, 5.74) is 1.65. The van der Waals surface area contributed by atoms with Gasteiger partial charge in [0.2, 0.25) is 15.4 Å². The Balaban J connectivity index is 1.99. The molecule has 5 nitrogen and oxygen atoms in total. The van der Waals surface area contributed by atoms with Crippen LogP contribution in [0.1, 0.15) is 20.3 Å². The minimum atomic E-state index is -3.68. The lowest BCUT2D eigenvalue weighted by Gasteiger charge is -2.37. The number of fused-ring (bicyclic) bond motifs is 1. The number of piperidine rings is 1. The van der Waals surface area contributed by atoms with Gasteiger partial charge in [0.05, 0.1) is 23.1 Å². The van der Waals surface area contributed by atoms with Crippen molar-refractivity contribution in [3.05, 3.63) is 54.7 Å². The second kappa shape index (κ2) is 7.67. The van der Waals surface area contributed by atoms with E-state index >= 15 is 0 Å². The molecule has 0 radical (unpaired) electrons. The summed E-state index contributed by atoms with van der Waals surface area (Å²) >= 11 is 0. The molecular weight excluding hydrogens is 384 g/mol. The van der Waals surface area contributed by atoms with Gasteiger partial charge in [0.15, 0.2) is 11.1 Å². The molecule has 2 aromatic carbocycles. The summed E-state index contributed by atoms with van der Waals surface area (Å²) in [4.78, 5) is 6.04. The number of hydrogen-bond donors (Lipinski definition) is 0. The molecule has 1 aromatic heterocycles. The fraction of sp³-hybridized carbons (Fsp3) is 0.348. The summed E-state index contributed by atoms with van der Waals surface area (Å²) < 4.78 is 32.6. The normalized spacial score (nSPS) is 20.0. The molecule has 1 aliphatic rings. The third-order valence-electron chi connectivity index (χ3n) is 5.60. The van der Waals surface area contributed by atoms with Gasteiger partial charge >= 0.3 is 0 Å². The van der Waals surface area contributed by atoms with Gasteiger partial charge in [-0.15, -0.1) is 0 Å². The number of ether oxygens (including phenoxy) is 1. The van der Waals surface area contributed by atoms with Gasteiger partial charge in [0.25, 0.3) is 0 Å². The Morgan fingerprint density at radius 1 is 1.03 bits per heavy atom. The number of pyridine rings is 1. The Bertz CT molecular complexity index is 1120. The maximum atomic E-state index is 13.6. The minimum Gasteiger partial charge on any atom is -0.497 e. The zero-order valence-corrected chi connectivity index (χ0v) is 17.9. The Hall–Kier alpha value is -2.60. The van der Waals surface area contributed by atoms with Crippen molar-refractivity contribution in [3.8, 4) is 5.75 Å². The van der Waals surface area contributed by atoms with Crippen molar-refractivity contribution in [2.24, 2.45) is 11.8 Å². The van der Waals surface area contributed by atoms with E-state index in [-0.39, 0.29) is 0 Å². The van der Waals surface area contributed by atoms with Crippen LogP contribution >= 0.6 is 0 Å². The molecule has 0 unspecified atom stereocenters. The summed E-state index contributed by atoms with van der Waals surface area (Å²) in [6, 6.07) is 14.4. The van der Waals surface area contributed by atoms with E-state index in [1.54, 1.807) is 37.6 Å². The quantitative estimate of drug-likeness (QED) is 0.652. The lowest BCUT2D eigenvalue weighted by Crippen LogP contribution is -2.39. The average molecular weight is 412 g/mol. The molecule has 4 rings (SSSR count). The van der Waals surface area contributed by atoms with E-state index < -0.39 is 9.84 Å². The number of benzene rings is 2. The van der Waals surface area contributed by atoms with Crippen molar-refractivity contribution in [1.29, 1.82) is 0 Å². The van der Waals surface area contributed by atoms with Crippen LogP contribution in [0, 0.1) is 11.8 Å². The predicted octanol–water partition coefficient (Wildman–Crippen LogP) is 3.98. The number of hydrogen-bond acceptors (Lipinski definition) is 4. The molecule has 152 valence electrons. The van der Waals surface area contributed by atoms with Gasteiger partial charge in [0.1, 0.15) is 5.75 Å². The molecule has 6 heteroatoms. The molecule has 2 heterocycles. The fourth-order valence-corrected chi connectivity index (χ4v) is 5.90. The first kappa shape index (κ1) is 19.7. The molecule has 3 aromatic rings. The molecule has 29 heavy (non-hydrogen) atoms. The van der Waals surface area contributed by atoms with Crippen molar-refractivity contribution in [2.45, 2.75) is 30.1 Å². The predicted molar refractivity (Wildman–Crippen MR) is 114 cm³/mol. The van der Waals surface area contributed by atoms with Crippen LogP contribution in [0.25, 0.3) is 10.9 Å². The highest BCUT2D eigenvalue weighted by Gasteiger charge is 2.32. The monoisotopic (exact) mass is 411 g/mol. The van der Waals surface area contributed by atoms with Crippen LogP contribution in [0.2, 0.25) is 0 Å². The zero-order valence-electron chi connectivity index (χ0n) is 17.1. The number of nitrogens with one attached hydrogen (secondary N) is 1. The fourth-order valence-electron chi connectivity index (χ4n) is 4.42. The number of H-pyrrole nitrogens is 1. The molecule has 2 atom stereocenters. The SMILES string of the molecule is COc1ccc2[nH+]cc(S(=O)(=O)c3ccccc3)c(N3C[C@H](C)C[C@H](C)C3)c2c1. The highest BCUT2D eigenvalue weighted by molar-refractivity contribution is 7.91. The molecule has 0 bridgehead atoms. The lowest BCUT2D eigenvalue weighted by molar-refractivity contribution is -0.347. The van der Waals surface area contributed by atoms with Crippen molar-refractivity contribution in [1.82, 2.24) is 0 Å². The van der Waals surface area contributed by atoms with Crippen LogP contribution in [0.5, 0.6) is 5.75 Å². The molecule has 1 saturated heterocycles. The van der Waals surface area contributed by atoms with E-state index in [1.165, 1.54) is 0 Å². The van der Waals surface area contributed by atoms with E-state index in [1.807, 2.05) is 24.3 Å². The number of nitrogens with zero attached hydrogens (tertiary/aromatic N) is 1. The van der Waals surface area contributed by atoms with Gasteiger partial charge in [-0.1, -0.05) is 32.0 Å². The van der Waals surface area contributed by atoms with E-state index in [4.69, 9.17) is 4.74 Å². The van der Waals surface area contributed by atoms with Gasteiger partial charge in [-0.25, -0.2) is 13.4 Å². The highest BCUT2D eigenvalue weighted by atomic mass is 32.2. The summed E-state index contributed by atoms with van der Waals surface area (Å²) in [7, 11) is -2.05. The van der Waals surface area contributed by atoms with Crippen LogP contribution in [-0.2, 0) is 9.84 Å². The second-order valence-electron chi connectivity index (χ2n) is 8.08. The number of anilines is 1. The Labute approximate surface area is 172 Å². The van der Waals surface area contributed by atoms with Crippen molar-refractivity contribution < 1.29 is 18.1 Å². The maximum absolute atomic E-state index is 13.6. The summed E-state index contributed by atoms with van der Waals surface area (Å²) in [6.45, 7) is 6.12. The van der Waals surface area contributed by atoms with Crippen molar-refractivity contribution in [2.75, 3.05) is 25.1 Å². The van der Waals surface area contributed by atoms with Crippen LogP contribution in [0.3, 0.4) is 0 Å². The lowest BCUT2D eigenvalue weighted by atomic mass is 9.91. The van der Waals surface area contributed by atoms with E-state index in [0.717, 1.165) is 36.1 Å². The number of rotatable bonds is 4. The third kappa shape index (κ3) is 3.69. The summed E-state index contributed by atoms with van der Waals surface area (Å²) in [5.74, 6) is 1.70. The first-order valence-electron chi connectivity index (χ1n) is 9.97. The van der Waals surface area contributed by atoms with Crippen LogP contribution < -0.4 is 14.6 Å². The molecule has 0 aliphatic carbocycles. The number of methoxy groups -OCH3 is 1. The van der Waals surface area contributed by atoms with Gasteiger partial charge in [-0.3, -0.25) is 0 Å². The van der Waals surface area contributed by atoms with E-state index in [9.17, 15) is 8.42 Å². The first-order chi connectivity index (χ1) is 13.9. The molecule has 1 fully saturated rings. The van der Waals surface area contributed by atoms with Gasteiger partial charge in [0, 0.05) is 19.2 Å². The van der Waals surface area contributed by atoms with Crippen LogP contribution in [0.4, 0.5) is 5.69 Å². The van der Waals surface area contributed by atoms with Gasteiger partial charge in [-0.2, -0.15) is 0 Å². The average Bonchev–Trinajstić information content (AvgIpc) is 2.72. The Morgan fingerprint density at radius 2 is 1.72 bits per heavy atom. The zero-order chi connectivity index (χ0) is 20.6.